The van der Waals surface area contributed by atoms with E-state index in [9.17, 15) is 18.4 Å². The summed E-state index contributed by atoms with van der Waals surface area (Å²) >= 11 is 0. The van der Waals surface area contributed by atoms with Gasteiger partial charge in [0.05, 0.1) is 31.7 Å². The fourth-order valence-corrected chi connectivity index (χ4v) is 3.23. The highest BCUT2D eigenvalue weighted by atomic mass is 19.1. The molecule has 0 unspecified atom stereocenters. The molecule has 162 valence electrons. The van der Waals surface area contributed by atoms with Crippen LogP contribution in [0.5, 0.6) is 11.5 Å². The third-order valence-corrected chi connectivity index (χ3v) is 4.70. The van der Waals surface area contributed by atoms with Crippen LogP contribution < -0.4 is 4.74 Å². The molecule has 9 heteroatoms. The van der Waals surface area contributed by atoms with E-state index < -0.39 is 23.6 Å². The number of hydrogen-bond donors (Lipinski definition) is 0. The molecular formula is C23H16F2N2O5. The van der Waals surface area contributed by atoms with E-state index in [0.717, 1.165) is 12.1 Å². The van der Waals surface area contributed by atoms with Crippen molar-refractivity contribution >= 4 is 23.0 Å². The molecule has 0 amide bonds. The molecule has 32 heavy (non-hydrogen) atoms. The number of ether oxygens (including phenoxy) is 3. The zero-order chi connectivity index (χ0) is 22.8. The minimum absolute atomic E-state index is 0.0319. The van der Waals surface area contributed by atoms with Gasteiger partial charge in [0.2, 0.25) is 0 Å². The Hall–Kier alpha value is -4.27. The van der Waals surface area contributed by atoms with Crippen molar-refractivity contribution in [3.05, 3.63) is 83.7 Å². The summed E-state index contributed by atoms with van der Waals surface area (Å²) < 4.78 is 44.3. The maximum absolute atomic E-state index is 13.9. The number of fused-ring (bicyclic) bond motifs is 1. The summed E-state index contributed by atoms with van der Waals surface area (Å²) in [6, 6.07) is 10.5. The van der Waals surface area contributed by atoms with Gasteiger partial charge < -0.3 is 18.8 Å². The van der Waals surface area contributed by atoms with Gasteiger partial charge in [0.15, 0.2) is 0 Å². The number of carbonyl (C=O) groups excluding carboxylic acids is 2. The van der Waals surface area contributed by atoms with Gasteiger partial charge in [0, 0.05) is 17.6 Å². The molecule has 0 spiro atoms. The van der Waals surface area contributed by atoms with Crippen molar-refractivity contribution in [2.75, 3.05) is 14.2 Å². The van der Waals surface area contributed by atoms with Gasteiger partial charge in [0.25, 0.3) is 0 Å². The molecule has 0 radical (unpaired) electrons. The Kier molecular flexibility index (Phi) is 5.55. The van der Waals surface area contributed by atoms with Crippen molar-refractivity contribution in [3.63, 3.8) is 0 Å². The number of benzene rings is 2. The number of carbonyl (C=O) groups is 2. The van der Waals surface area contributed by atoms with Crippen molar-refractivity contribution in [2.24, 2.45) is 0 Å². The van der Waals surface area contributed by atoms with Crippen molar-refractivity contribution in [1.82, 2.24) is 9.55 Å². The summed E-state index contributed by atoms with van der Waals surface area (Å²) in [5.74, 6) is -2.22. The standard InChI is InChI=1S/C23H16F2N2O5/c1-30-22(28)17-5-3-14(24)10-19(17)27-8-7-13-9-16(12-26-21(13)27)32-20-11-15(25)4-6-18(20)23(29)31-2/h3-12H,1-2H3. The monoisotopic (exact) mass is 438 g/mol. The molecule has 0 fully saturated rings. The highest BCUT2D eigenvalue weighted by Gasteiger charge is 2.18. The van der Waals surface area contributed by atoms with Crippen LogP contribution in [0.25, 0.3) is 16.7 Å². The molecule has 4 rings (SSSR count). The molecule has 2 aromatic carbocycles. The van der Waals surface area contributed by atoms with Gasteiger partial charge in [-0.05, 0) is 42.5 Å². The number of hydrogen-bond acceptors (Lipinski definition) is 6. The predicted molar refractivity (Wildman–Crippen MR) is 110 cm³/mol. The molecule has 0 aliphatic carbocycles. The van der Waals surface area contributed by atoms with Gasteiger partial charge in [-0.2, -0.15) is 0 Å². The first-order valence-corrected chi connectivity index (χ1v) is 9.32. The van der Waals surface area contributed by atoms with E-state index in [2.05, 4.69) is 4.98 Å². The minimum Gasteiger partial charge on any atom is -0.465 e. The lowest BCUT2D eigenvalue weighted by Gasteiger charge is -2.12. The number of rotatable bonds is 5. The van der Waals surface area contributed by atoms with Crippen LogP contribution in [0.1, 0.15) is 20.7 Å². The highest BCUT2D eigenvalue weighted by molar-refractivity contribution is 5.95. The lowest BCUT2D eigenvalue weighted by atomic mass is 10.1. The zero-order valence-corrected chi connectivity index (χ0v) is 17.0. The smallest absolute Gasteiger partial charge is 0.341 e. The summed E-state index contributed by atoms with van der Waals surface area (Å²) in [7, 11) is 2.45. The molecule has 0 saturated heterocycles. The molecule has 2 aromatic heterocycles. The Morgan fingerprint density at radius 2 is 1.53 bits per heavy atom. The Labute approximate surface area is 180 Å². The maximum atomic E-state index is 13.9. The Bertz CT molecular complexity index is 1350. The second-order valence-electron chi connectivity index (χ2n) is 6.66. The van der Waals surface area contributed by atoms with Gasteiger partial charge >= 0.3 is 11.9 Å². The largest absolute Gasteiger partial charge is 0.465 e. The van der Waals surface area contributed by atoms with Gasteiger partial charge in [-0.1, -0.05) is 0 Å². The first-order chi connectivity index (χ1) is 15.4. The SMILES string of the molecule is COC(=O)c1ccc(F)cc1Oc1cnc2c(ccn2-c2cc(F)ccc2C(=O)OC)c1. The van der Waals surface area contributed by atoms with Crippen LogP contribution in [-0.2, 0) is 9.47 Å². The molecule has 0 atom stereocenters. The van der Waals surface area contributed by atoms with Crippen molar-refractivity contribution in [1.29, 1.82) is 0 Å². The van der Waals surface area contributed by atoms with Crippen molar-refractivity contribution in [3.8, 4) is 17.2 Å². The van der Waals surface area contributed by atoms with Gasteiger partial charge in [-0.3, -0.25) is 0 Å². The molecule has 7 nitrogen and oxygen atoms in total. The van der Waals surface area contributed by atoms with Gasteiger partial charge in [0.1, 0.15) is 34.3 Å². The third kappa shape index (κ3) is 3.87. The normalized spacial score (nSPS) is 10.8. The summed E-state index contributed by atoms with van der Waals surface area (Å²) in [5, 5.41) is 0.596. The van der Waals surface area contributed by atoms with Crippen LogP contribution >= 0.6 is 0 Å². The molecule has 0 saturated carbocycles. The lowest BCUT2D eigenvalue weighted by Crippen LogP contribution is -2.08. The van der Waals surface area contributed by atoms with Gasteiger partial charge in [-0.25, -0.2) is 23.4 Å². The fraction of sp³-hybridized carbons (Fsp3) is 0.0870. The Morgan fingerprint density at radius 1 is 0.875 bits per heavy atom. The fourth-order valence-electron chi connectivity index (χ4n) is 3.23. The van der Waals surface area contributed by atoms with E-state index in [1.807, 2.05) is 0 Å². The van der Waals surface area contributed by atoms with E-state index >= 15 is 0 Å². The quantitative estimate of drug-likeness (QED) is 0.422. The second kappa shape index (κ2) is 8.46. The average molecular weight is 438 g/mol. The highest BCUT2D eigenvalue weighted by Crippen LogP contribution is 2.30. The van der Waals surface area contributed by atoms with E-state index in [0.29, 0.717) is 11.0 Å². The number of pyridine rings is 1. The molecule has 0 N–H and O–H groups in total. The lowest BCUT2D eigenvalue weighted by molar-refractivity contribution is 0.0590. The van der Waals surface area contributed by atoms with E-state index in [1.165, 1.54) is 49.2 Å². The molecular weight excluding hydrogens is 422 g/mol. The molecule has 0 aliphatic heterocycles. The van der Waals surface area contributed by atoms with E-state index in [1.54, 1.807) is 18.3 Å². The maximum Gasteiger partial charge on any atom is 0.341 e. The van der Waals surface area contributed by atoms with Crippen LogP contribution in [0.3, 0.4) is 0 Å². The third-order valence-electron chi connectivity index (χ3n) is 4.70. The number of halogens is 2. The van der Waals surface area contributed by atoms with E-state index in [-0.39, 0.29) is 28.3 Å². The summed E-state index contributed by atoms with van der Waals surface area (Å²) in [4.78, 5) is 28.4. The first-order valence-electron chi connectivity index (χ1n) is 9.32. The summed E-state index contributed by atoms with van der Waals surface area (Å²) in [6.45, 7) is 0. The van der Waals surface area contributed by atoms with Gasteiger partial charge in [-0.15, -0.1) is 0 Å². The van der Waals surface area contributed by atoms with Crippen molar-refractivity contribution in [2.45, 2.75) is 0 Å². The Balaban J connectivity index is 1.75. The molecule has 0 aliphatic rings. The number of methoxy groups -OCH3 is 2. The summed E-state index contributed by atoms with van der Waals surface area (Å²) in [6.07, 6.45) is 2.98. The van der Waals surface area contributed by atoms with Crippen LogP contribution in [-0.4, -0.2) is 35.7 Å². The van der Waals surface area contributed by atoms with Crippen LogP contribution in [0.2, 0.25) is 0 Å². The summed E-state index contributed by atoms with van der Waals surface area (Å²) in [5.41, 5.74) is 0.886. The Morgan fingerprint density at radius 3 is 2.25 bits per heavy atom. The topological polar surface area (TPSA) is 79.7 Å². The minimum atomic E-state index is -0.679. The van der Waals surface area contributed by atoms with Crippen LogP contribution in [0.15, 0.2) is 60.9 Å². The van der Waals surface area contributed by atoms with Crippen molar-refractivity contribution < 1.29 is 32.6 Å². The first kappa shape index (κ1) is 21.0. The van der Waals surface area contributed by atoms with Crippen LogP contribution in [0.4, 0.5) is 8.78 Å². The molecule has 4 aromatic rings. The zero-order valence-electron chi connectivity index (χ0n) is 17.0. The number of nitrogens with zero attached hydrogens (tertiary/aromatic N) is 2. The van der Waals surface area contributed by atoms with E-state index in [4.69, 9.17) is 14.2 Å². The number of aromatic nitrogens is 2. The average Bonchev–Trinajstić information content (AvgIpc) is 3.21. The van der Waals surface area contributed by atoms with Crippen LogP contribution in [0, 0.1) is 11.6 Å². The predicted octanol–water partition coefficient (Wildman–Crippen LogP) is 4.67. The molecule has 2 heterocycles. The molecule has 0 bridgehead atoms. The second-order valence-corrected chi connectivity index (χ2v) is 6.66. The number of esters is 2.